The summed E-state index contributed by atoms with van der Waals surface area (Å²) >= 11 is 0. The minimum absolute atomic E-state index is 0.112. The Labute approximate surface area is 98.6 Å². The van der Waals surface area contributed by atoms with Crippen LogP contribution >= 0.6 is 0 Å². The zero-order valence-electron chi connectivity index (χ0n) is 9.51. The Morgan fingerprint density at radius 1 is 1.29 bits per heavy atom. The number of hydrogen-bond donors (Lipinski definition) is 1. The van der Waals surface area contributed by atoms with Gasteiger partial charge in [-0.3, -0.25) is 0 Å². The molecule has 0 aliphatic heterocycles. The lowest BCUT2D eigenvalue weighted by molar-refractivity contribution is 0.399. The maximum Gasteiger partial charge on any atom is 0.312 e. The Morgan fingerprint density at radius 2 is 2.06 bits per heavy atom. The molecule has 0 bridgehead atoms. The van der Waals surface area contributed by atoms with Crippen molar-refractivity contribution in [3.63, 3.8) is 0 Å². The van der Waals surface area contributed by atoms with E-state index in [1.807, 2.05) is 24.3 Å². The molecule has 2 N–H and O–H groups in total. The fourth-order valence-corrected chi connectivity index (χ4v) is 2.19. The molecule has 0 unspecified atom stereocenters. The molecule has 1 aliphatic rings. The van der Waals surface area contributed by atoms with E-state index < -0.39 is 0 Å². The van der Waals surface area contributed by atoms with Crippen LogP contribution in [-0.2, 0) is 5.41 Å². The Hall–Kier alpha value is -2.04. The monoisotopic (exact) mass is 231 g/mol. The van der Waals surface area contributed by atoms with Crippen LogP contribution < -0.4 is 10.5 Å². The predicted molar refractivity (Wildman–Crippen MR) is 61.7 cm³/mol. The fraction of sp³-hybridized carbons (Fsp3) is 0.333. The molecule has 5 nitrogen and oxygen atoms in total. The molecule has 5 heteroatoms. The van der Waals surface area contributed by atoms with E-state index in [2.05, 4.69) is 10.2 Å². The van der Waals surface area contributed by atoms with E-state index in [9.17, 15) is 0 Å². The summed E-state index contributed by atoms with van der Waals surface area (Å²) < 4.78 is 10.7. The summed E-state index contributed by atoms with van der Waals surface area (Å²) in [6.07, 6.45) is 1.96. The van der Waals surface area contributed by atoms with E-state index in [0.717, 1.165) is 24.2 Å². The lowest BCUT2D eigenvalue weighted by Gasteiger charge is -2.14. The number of aromatic nitrogens is 2. The molecule has 0 atom stereocenters. The second-order valence-corrected chi connectivity index (χ2v) is 4.23. The molecular weight excluding hydrogens is 218 g/mol. The Bertz CT molecular complexity index is 546. The lowest BCUT2D eigenvalue weighted by atomic mass is 9.95. The van der Waals surface area contributed by atoms with Crippen molar-refractivity contribution in [1.29, 1.82) is 0 Å². The quantitative estimate of drug-likeness (QED) is 0.870. The summed E-state index contributed by atoms with van der Waals surface area (Å²) in [7, 11) is 1.66. The number of hydrogen-bond acceptors (Lipinski definition) is 5. The summed E-state index contributed by atoms with van der Waals surface area (Å²) in [6.45, 7) is 0. The number of methoxy groups -OCH3 is 1. The summed E-state index contributed by atoms with van der Waals surface area (Å²) in [5, 5.41) is 7.73. The minimum Gasteiger partial charge on any atom is -0.496 e. The van der Waals surface area contributed by atoms with Crippen LogP contribution in [0.5, 0.6) is 5.75 Å². The number of rotatable bonds is 3. The average molecular weight is 231 g/mol. The number of nitrogen functional groups attached to an aromatic ring is 1. The molecular formula is C12H13N3O2. The van der Waals surface area contributed by atoms with E-state index >= 15 is 0 Å². The van der Waals surface area contributed by atoms with Crippen molar-refractivity contribution < 1.29 is 9.15 Å². The number of nitrogens with zero attached hydrogens (tertiary/aromatic N) is 2. The van der Waals surface area contributed by atoms with Crippen molar-refractivity contribution in [2.75, 3.05) is 12.8 Å². The Morgan fingerprint density at radius 3 is 2.65 bits per heavy atom. The summed E-state index contributed by atoms with van der Waals surface area (Å²) in [4.78, 5) is 0. The summed E-state index contributed by atoms with van der Waals surface area (Å²) in [5.41, 5.74) is 6.37. The maximum atomic E-state index is 5.48. The molecule has 1 heterocycles. The van der Waals surface area contributed by atoms with Crippen LogP contribution in [0.3, 0.4) is 0 Å². The highest BCUT2D eigenvalue weighted by Crippen LogP contribution is 2.55. The average Bonchev–Trinajstić information content (AvgIpc) is 3.06. The van der Waals surface area contributed by atoms with Crippen LogP contribution in [0, 0.1) is 0 Å². The SMILES string of the molecule is COc1ccccc1C1(c2nnc(N)o2)CC1. The van der Waals surface area contributed by atoms with Crippen LogP contribution in [0.2, 0.25) is 0 Å². The van der Waals surface area contributed by atoms with Crippen LogP contribution in [0.15, 0.2) is 28.7 Å². The van der Waals surface area contributed by atoms with Gasteiger partial charge in [0.2, 0.25) is 5.89 Å². The Balaban J connectivity index is 2.09. The topological polar surface area (TPSA) is 74.2 Å². The zero-order valence-corrected chi connectivity index (χ0v) is 9.51. The normalized spacial score (nSPS) is 16.8. The van der Waals surface area contributed by atoms with Gasteiger partial charge in [-0.05, 0) is 18.9 Å². The molecule has 17 heavy (non-hydrogen) atoms. The highest BCUT2D eigenvalue weighted by molar-refractivity contribution is 5.47. The largest absolute Gasteiger partial charge is 0.496 e. The van der Waals surface area contributed by atoms with Crippen molar-refractivity contribution in [2.24, 2.45) is 0 Å². The molecule has 2 aromatic rings. The van der Waals surface area contributed by atoms with Gasteiger partial charge in [0.1, 0.15) is 5.75 Å². The Kier molecular flexibility index (Phi) is 2.07. The first kappa shape index (κ1) is 10.1. The van der Waals surface area contributed by atoms with Crippen molar-refractivity contribution in [3.8, 4) is 5.75 Å². The lowest BCUT2D eigenvalue weighted by Crippen LogP contribution is -2.10. The van der Waals surface area contributed by atoms with Gasteiger partial charge in [0.15, 0.2) is 0 Å². The van der Waals surface area contributed by atoms with Gasteiger partial charge < -0.3 is 14.9 Å². The summed E-state index contributed by atoms with van der Waals surface area (Å²) in [6, 6.07) is 8.01. The van der Waals surface area contributed by atoms with E-state index in [4.69, 9.17) is 14.9 Å². The van der Waals surface area contributed by atoms with E-state index in [0.29, 0.717) is 5.89 Å². The number of anilines is 1. The third-order valence-corrected chi connectivity index (χ3v) is 3.22. The third kappa shape index (κ3) is 1.46. The highest BCUT2D eigenvalue weighted by atomic mass is 16.5. The molecule has 1 saturated carbocycles. The second-order valence-electron chi connectivity index (χ2n) is 4.23. The second kappa shape index (κ2) is 3.48. The summed E-state index contributed by atoms with van der Waals surface area (Å²) in [5.74, 6) is 1.43. The van der Waals surface area contributed by atoms with Crippen molar-refractivity contribution in [2.45, 2.75) is 18.3 Å². The van der Waals surface area contributed by atoms with Gasteiger partial charge in [0, 0.05) is 5.56 Å². The smallest absolute Gasteiger partial charge is 0.312 e. The molecule has 0 amide bonds. The van der Waals surface area contributed by atoms with Gasteiger partial charge in [-0.2, -0.15) is 0 Å². The molecule has 88 valence electrons. The van der Waals surface area contributed by atoms with E-state index in [1.165, 1.54) is 0 Å². The van der Waals surface area contributed by atoms with Crippen molar-refractivity contribution in [3.05, 3.63) is 35.7 Å². The minimum atomic E-state index is -0.197. The first-order valence-electron chi connectivity index (χ1n) is 5.49. The van der Waals surface area contributed by atoms with E-state index in [-0.39, 0.29) is 11.4 Å². The number of nitrogens with two attached hydrogens (primary N) is 1. The fourth-order valence-electron chi connectivity index (χ4n) is 2.19. The standard InChI is InChI=1S/C12H13N3O2/c1-16-9-5-3-2-4-8(9)12(6-7-12)10-14-15-11(13)17-10/h2-5H,6-7H2,1H3,(H2,13,15). The number of benzene rings is 1. The van der Waals surface area contributed by atoms with Gasteiger partial charge >= 0.3 is 6.01 Å². The van der Waals surface area contributed by atoms with Crippen molar-refractivity contribution >= 4 is 6.01 Å². The van der Waals surface area contributed by atoms with Crippen LogP contribution in [0.25, 0.3) is 0 Å². The van der Waals surface area contributed by atoms with Crippen LogP contribution in [0.1, 0.15) is 24.3 Å². The molecule has 0 saturated heterocycles. The van der Waals surface area contributed by atoms with Crippen LogP contribution in [-0.4, -0.2) is 17.3 Å². The van der Waals surface area contributed by atoms with Gasteiger partial charge in [-0.15, -0.1) is 5.10 Å². The zero-order chi connectivity index (χ0) is 11.9. The molecule has 1 aliphatic carbocycles. The molecule has 1 fully saturated rings. The molecule has 0 spiro atoms. The van der Waals surface area contributed by atoms with Gasteiger partial charge in [-0.1, -0.05) is 23.3 Å². The van der Waals surface area contributed by atoms with Crippen LogP contribution in [0.4, 0.5) is 6.01 Å². The maximum absolute atomic E-state index is 5.48. The molecule has 0 radical (unpaired) electrons. The van der Waals surface area contributed by atoms with Gasteiger partial charge in [0.25, 0.3) is 0 Å². The third-order valence-electron chi connectivity index (χ3n) is 3.22. The number of para-hydroxylation sites is 1. The number of ether oxygens (including phenoxy) is 1. The first-order valence-corrected chi connectivity index (χ1v) is 5.49. The van der Waals surface area contributed by atoms with Crippen molar-refractivity contribution in [1.82, 2.24) is 10.2 Å². The highest BCUT2D eigenvalue weighted by Gasteiger charge is 2.52. The van der Waals surface area contributed by atoms with E-state index in [1.54, 1.807) is 7.11 Å². The first-order chi connectivity index (χ1) is 8.26. The molecule has 1 aromatic heterocycles. The van der Waals surface area contributed by atoms with Gasteiger partial charge in [-0.25, -0.2) is 0 Å². The molecule has 3 rings (SSSR count). The van der Waals surface area contributed by atoms with Gasteiger partial charge in [0.05, 0.1) is 12.5 Å². The predicted octanol–water partition coefficient (Wildman–Crippen LogP) is 1.74. The molecule has 1 aromatic carbocycles.